The van der Waals surface area contributed by atoms with Gasteiger partial charge in [0.15, 0.2) is 0 Å². The van der Waals surface area contributed by atoms with Gasteiger partial charge in [-0.25, -0.2) is 4.79 Å². The second-order valence-electron chi connectivity index (χ2n) is 7.20. The van der Waals surface area contributed by atoms with Crippen LogP contribution < -0.4 is 0 Å². The summed E-state index contributed by atoms with van der Waals surface area (Å²) in [6.45, 7) is 0.0585. The second-order valence-corrected chi connectivity index (χ2v) is 7.20. The van der Waals surface area contributed by atoms with Crippen LogP contribution in [0.25, 0.3) is 0 Å². The largest absolute Gasteiger partial charge is 0.327 e. The number of hydrogen-bond acceptors (Lipinski definition) is 4. The average molecular weight is 355 g/mol. The highest BCUT2D eigenvalue weighted by Gasteiger charge is 2.55. The molecule has 0 radical (unpaired) electrons. The lowest BCUT2D eigenvalue weighted by molar-refractivity contribution is -0.134. The fourth-order valence-corrected chi connectivity index (χ4v) is 4.37. The van der Waals surface area contributed by atoms with Crippen molar-refractivity contribution in [3.05, 3.63) is 35.4 Å². The molecule has 1 aromatic carbocycles. The van der Waals surface area contributed by atoms with Crippen molar-refractivity contribution in [2.75, 3.05) is 20.1 Å². The number of benzene rings is 1. The van der Waals surface area contributed by atoms with Gasteiger partial charge in [-0.3, -0.25) is 24.2 Å². The minimum atomic E-state index is -0.739. The number of hydrogen-bond donors (Lipinski definition) is 0. The number of likely N-dealkylation sites (N-methyl/N-ethyl adjacent to an activating group) is 1. The van der Waals surface area contributed by atoms with Crippen LogP contribution in [0.2, 0.25) is 0 Å². The first-order chi connectivity index (χ1) is 12.5. The number of urea groups is 1. The molecule has 1 spiro atoms. The van der Waals surface area contributed by atoms with Crippen molar-refractivity contribution in [3.8, 4) is 0 Å². The maximum absolute atomic E-state index is 13.0. The van der Waals surface area contributed by atoms with Crippen molar-refractivity contribution in [1.29, 1.82) is 0 Å². The highest BCUT2D eigenvalue weighted by atomic mass is 16.2. The first-order valence-corrected chi connectivity index (χ1v) is 9.02. The van der Waals surface area contributed by atoms with Gasteiger partial charge < -0.3 is 4.90 Å². The fourth-order valence-electron chi connectivity index (χ4n) is 4.37. The summed E-state index contributed by atoms with van der Waals surface area (Å²) < 4.78 is 0. The quantitative estimate of drug-likeness (QED) is 0.613. The Morgan fingerprint density at radius 3 is 1.96 bits per heavy atom. The molecular weight excluding hydrogens is 334 g/mol. The molecule has 0 bridgehead atoms. The summed E-state index contributed by atoms with van der Waals surface area (Å²) in [6, 6.07) is 6.32. The van der Waals surface area contributed by atoms with Gasteiger partial charge in [0.2, 0.25) is 0 Å². The third-order valence-corrected chi connectivity index (χ3v) is 5.91. The van der Waals surface area contributed by atoms with Crippen LogP contribution in [0, 0.1) is 0 Å². The third kappa shape index (κ3) is 2.19. The molecule has 1 aromatic rings. The molecule has 4 rings (SSSR count). The van der Waals surface area contributed by atoms with Crippen molar-refractivity contribution in [2.45, 2.75) is 37.6 Å². The van der Waals surface area contributed by atoms with Gasteiger partial charge >= 0.3 is 6.03 Å². The minimum absolute atomic E-state index is 0.0216. The Bertz CT molecular complexity index is 778. The van der Waals surface area contributed by atoms with Crippen LogP contribution in [0.1, 0.15) is 52.8 Å². The number of nitrogens with zero attached hydrogens (tertiary/aromatic N) is 3. The lowest BCUT2D eigenvalue weighted by atomic mass is 9.81. The lowest BCUT2D eigenvalue weighted by Gasteiger charge is -2.35. The molecule has 2 aliphatic heterocycles. The lowest BCUT2D eigenvalue weighted by Crippen LogP contribution is -2.49. The normalized spacial score (nSPS) is 22.0. The number of fused-ring (bicyclic) bond motifs is 1. The minimum Gasteiger partial charge on any atom is -0.313 e. The van der Waals surface area contributed by atoms with E-state index in [1.54, 1.807) is 36.2 Å². The van der Waals surface area contributed by atoms with Crippen LogP contribution >= 0.6 is 0 Å². The Balaban J connectivity index is 1.50. The van der Waals surface area contributed by atoms with Gasteiger partial charge in [-0.1, -0.05) is 31.4 Å². The average Bonchev–Trinajstić information content (AvgIpc) is 3.00. The van der Waals surface area contributed by atoms with E-state index in [9.17, 15) is 19.2 Å². The number of rotatable bonds is 3. The Morgan fingerprint density at radius 1 is 0.846 bits per heavy atom. The Morgan fingerprint density at radius 2 is 1.38 bits per heavy atom. The Kier molecular flexibility index (Phi) is 3.82. The van der Waals surface area contributed by atoms with E-state index in [1.165, 1.54) is 4.90 Å². The van der Waals surface area contributed by atoms with E-state index in [1.807, 2.05) is 0 Å². The van der Waals surface area contributed by atoms with Crippen molar-refractivity contribution >= 4 is 23.8 Å². The zero-order chi connectivity index (χ0) is 18.5. The molecule has 7 heteroatoms. The molecule has 5 amide bonds. The molecule has 0 N–H and O–H groups in total. The first-order valence-electron chi connectivity index (χ1n) is 9.02. The van der Waals surface area contributed by atoms with E-state index in [0.29, 0.717) is 24.0 Å². The molecule has 1 saturated heterocycles. The summed E-state index contributed by atoms with van der Waals surface area (Å²) in [4.78, 5) is 54.3. The van der Waals surface area contributed by atoms with Crippen LogP contribution in [-0.4, -0.2) is 64.1 Å². The van der Waals surface area contributed by atoms with Crippen molar-refractivity contribution < 1.29 is 19.2 Å². The highest BCUT2D eigenvalue weighted by Crippen LogP contribution is 2.39. The standard InChI is InChI=1S/C19H21N3O4/c1-20-18(26)22(17(25)19(20)9-5-2-6-10-19)12-11-21-15(23)13-7-3-4-8-14(13)16(21)24/h3-4,7-8H,2,5-6,9-12H2,1H3. The van der Waals surface area contributed by atoms with E-state index >= 15 is 0 Å². The predicted octanol–water partition coefficient (Wildman–Crippen LogP) is 1.88. The van der Waals surface area contributed by atoms with Crippen molar-refractivity contribution in [3.63, 3.8) is 0 Å². The van der Waals surface area contributed by atoms with Gasteiger partial charge in [0, 0.05) is 20.1 Å². The molecule has 2 fully saturated rings. The van der Waals surface area contributed by atoms with Crippen LogP contribution in [-0.2, 0) is 4.79 Å². The molecule has 26 heavy (non-hydrogen) atoms. The molecule has 0 unspecified atom stereocenters. The molecule has 3 aliphatic rings. The van der Waals surface area contributed by atoms with Gasteiger partial charge in [0.05, 0.1) is 11.1 Å². The van der Waals surface area contributed by atoms with E-state index in [0.717, 1.165) is 24.2 Å². The molecule has 7 nitrogen and oxygen atoms in total. The van der Waals surface area contributed by atoms with Gasteiger partial charge in [0.1, 0.15) is 5.54 Å². The maximum atomic E-state index is 13.0. The van der Waals surface area contributed by atoms with Crippen LogP contribution in [0.4, 0.5) is 4.79 Å². The van der Waals surface area contributed by atoms with Crippen LogP contribution in [0.3, 0.4) is 0 Å². The Hall–Kier alpha value is -2.70. The van der Waals surface area contributed by atoms with Gasteiger partial charge in [0.25, 0.3) is 17.7 Å². The van der Waals surface area contributed by atoms with Gasteiger partial charge in [-0.05, 0) is 25.0 Å². The summed E-state index contributed by atoms with van der Waals surface area (Å²) >= 11 is 0. The number of carbonyl (C=O) groups excluding carboxylic acids is 4. The third-order valence-electron chi connectivity index (χ3n) is 5.91. The number of carbonyl (C=O) groups is 4. The van der Waals surface area contributed by atoms with E-state index in [4.69, 9.17) is 0 Å². The highest BCUT2D eigenvalue weighted by molar-refractivity contribution is 6.21. The Labute approximate surface area is 151 Å². The van der Waals surface area contributed by atoms with Gasteiger partial charge in [-0.15, -0.1) is 0 Å². The van der Waals surface area contributed by atoms with Crippen molar-refractivity contribution in [2.24, 2.45) is 0 Å². The van der Waals surface area contributed by atoms with Crippen molar-refractivity contribution in [1.82, 2.24) is 14.7 Å². The summed E-state index contributed by atoms with van der Waals surface area (Å²) in [5.41, 5.74) is 0.00650. The molecular formula is C19H21N3O4. The van der Waals surface area contributed by atoms with E-state index in [-0.39, 0.29) is 36.8 Å². The molecule has 136 valence electrons. The second kappa shape index (κ2) is 5.93. The molecule has 1 aliphatic carbocycles. The number of amides is 5. The fraction of sp³-hybridized carbons (Fsp3) is 0.474. The van der Waals surface area contributed by atoms with Crippen LogP contribution in [0.5, 0.6) is 0 Å². The smallest absolute Gasteiger partial charge is 0.313 e. The molecule has 1 saturated carbocycles. The van der Waals surface area contributed by atoms with E-state index < -0.39 is 5.54 Å². The van der Waals surface area contributed by atoms with Gasteiger partial charge in [-0.2, -0.15) is 0 Å². The zero-order valence-electron chi connectivity index (χ0n) is 14.7. The predicted molar refractivity (Wildman–Crippen MR) is 92.5 cm³/mol. The molecule has 0 aromatic heterocycles. The topological polar surface area (TPSA) is 78.0 Å². The summed E-state index contributed by atoms with van der Waals surface area (Å²) in [5, 5.41) is 0. The summed E-state index contributed by atoms with van der Waals surface area (Å²) in [5.74, 6) is -0.933. The van der Waals surface area contributed by atoms with Crippen LogP contribution in [0.15, 0.2) is 24.3 Å². The molecule has 2 heterocycles. The molecule has 0 atom stereocenters. The number of imide groups is 2. The monoisotopic (exact) mass is 355 g/mol. The summed E-state index contributed by atoms with van der Waals surface area (Å²) in [6.07, 6.45) is 4.28. The SMILES string of the molecule is CN1C(=O)N(CCN2C(=O)c3ccccc3C2=O)C(=O)C12CCCCC2. The zero-order valence-corrected chi connectivity index (χ0v) is 14.7. The van der Waals surface area contributed by atoms with E-state index in [2.05, 4.69) is 0 Å². The summed E-state index contributed by atoms with van der Waals surface area (Å²) in [7, 11) is 1.67. The maximum Gasteiger partial charge on any atom is 0.327 e. The first kappa shape index (κ1) is 16.8.